The van der Waals surface area contributed by atoms with Crippen LogP contribution in [0.3, 0.4) is 0 Å². The largest absolute Gasteiger partial charge is 0.298 e. The van der Waals surface area contributed by atoms with Gasteiger partial charge in [-0.1, -0.05) is 11.6 Å². The summed E-state index contributed by atoms with van der Waals surface area (Å²) >= 11 is 5.76. The molecule has 5 heteroatoms. The van der Waals surface area contributed by atoms with Crippen molar-refractivity contribution in [2.75, 3.05) is 0 Å². The van der Waals surface area contributed by atoms with Crippen LogP contribution in [-0.4, -0.2) is 21.1 Å². The van der Waals surface area contributed by atoms with Gasteiger partial charge in [-0.15, -0.1) is 0 Å². The van der Waals surface area contributed by atoms with Crippen LogP contribution in [0.25, 0.3) is 5.52 Å². The molecule has 0 aliphatic heterocycles. The first kappa shape index (κ1) is 7.24. The Labute approximate surface area is 72.8 Å². The van der Waals surface area contributed by atoms with Gasteiger partial charge >= 0.3 is 0 Å². The highest BCUT2D eigenvalue weighted by Crippen LogP contribution is 2.15. The molecule has 2 rings (SSSR count). The normalized spacial score (nSPS) is 10.4. The SMILES string of the molecule is O=Cc1cnn2ncc(Cl)c2c1. The summed E-state index contributed by atoms with van der Waals surface area (Å²) in [7, 11) is 0. The molecule has 4 nitrogen and oxygen atoms in total. The lowest BCUT2D eigenvalue weighted by Gasteiger charge is -1.91. The van der Waals surface area contributed by atoms with Crippen LogP contribution < -0.4 is 0 Å². The van der Waals surface area contributed by atoms with Crippen molar-refractivity contribution in [2.45, 2.75) is 0 Å². The number of nitrogens with zero attached hydrogens (tertiary/aromatic N) is 3. The van der Waals surface area contributed by atoms with Gasteiger partial charge in [-0.05, 0) is 6.07 Å². The minimum absolute atomic E-state index is 0.491. The zero-order chi connectivity index (χ0) is 8.55. The number of aldehydes is 1. The second-order valence-electron chi connectivity index (χ2n) is 2.27. The Hall–Kier alpha value is -1.42. The van der Waals surface area contributed by atoms with Gasteiger partial charge in [0, 0.05) is 5.56 Å². The first-order chi connectivity index (χ1) is 5.81. The van der Waals surface area contributed by atoms with Crippen molar-refractivity contribution in [2.24, 2.45) is 0 Å². The number of fused-ring (bicyclic) bond motifs is 1. The molecule has 2 aromatic rings. The van der Waals surface area contributed by atoms with Crippen LogP contribution in [0.15, 0.2) is 18.5 Å². The van der Waals surface area contributed by atoms with Gasteiger partial charge in [0.15, 0.2) is 6.29 Å². The van der Waals surface area contributed by atoms with E-state index in [0.29, 0.717) is 16.1 Å². The zero-order valence-electron chi connectivity index (χ0n) is 5.94. The van der Waals surface area contributed by atoms with Gasteiger partial charge in [-0.2, -0.15) is 14.8 Å². The van der Waals surface area contributed by atoms with Crippen LogP contribution in [0.5, 0.6) is 0 Å². The third kappa shape index (κ3) is 0.967. The molecule has 60 valence electrons. The van der Waals surface area contributed by atoms with E-state index in [9.17, 15) is 4.79 Å². The van der Waals surface area contributed by atoms with Crippen LogP contribution in [0, 0.1) is 0 Å². The number of carbonyl (C=O) groups is 1. The maximum atomic E-state index is 10.4. The molecule has 0 fully saturated rings. The summed E-state index contributed by atoms with van der Waals surface area (Å²) in [6.45, 7) is 0. The summed E-state index contributed by atoms with van der Waals surface area (Å²) in [6, 6.07) is 1.63. The molecule has 0 saturated carbocycles. The Kier molecular flexibility index (Phi) is 1.55. The van der Waals surface area contributed by atoms with Gasteiger partial charge in [0.2, 0.25) is 0 Å². The molecule has 0 spiro atoms. The maximum absolute atomic E-state index is 10.4. The third-order valence-corrected chi connectivity index (χ3v) is 1.79. The van der Waals surface area contributed by atoms with E-state index in [2.05, 4.69) is 10.2 Å². The van der Waals surface area contributed by atoms with Crippen molar-refractivity contribution in [1.29, 1.82) is 0 Å². The smallest absolute Gasteiger partial charge is 0.151 e. The fraction of sp³-hybridized carbons (Fsp3) is 0. The first-order valence-corrected chi connectivity index (χ1v) is 3.64. The minimum Gasteiger partial charge on any atom is -0.298 e. The summed E-state index contributed by atoms with van der Waals surface area (Å²) in [5.74, 6) is 0. The average molecular weight is 182 g/mol. The lowest BCUT2D eigenvalue weighted by Crippen LogP contribution is -1.94. The molecule has 0 aromatic carbocycles. The van der Waals surface area contributed by atoms with Crippen molar-refractivity contribution in [3.63, 3.8) is 0 Å². The zero-order valence-corrected chi connectivity index (χ0v) is 6.69. The highest BCUT2D eigenvalue weighted by Gasteiger charge is 2.02. The second kappa shape index (κ2) is 2.57. The average Bonchev–Trinajstić information content (AvgIpc) is 2.47. The molecule has 0 saturated heterocycles. The minimum atomic E-state index is 0.491. The molecule has 0 bridgehead atoms. The summed E-state index contributed by atoms with van der Waals surface area (Å²) in [5, 5.41) is 8.21. The number of halogens is 1. The Morgan fingerprint density at radius 2 is 2.17 bits per heavy atom. The summed E-state index contributed by atoms with van der Waals surface area (Å²) < 4.78 is 1.37. The predicted octanol–water partition coefficient (Wildman–Crippen LogP) is 1.20. The van der Waals surface area contributed by atoms with Crippen molar-refractivity contribution in [3.8, 4) is 0 Å². The Balaban J connectivity index is 2.79. The maximum Gasteiger partial charge on any atom is 0.151 e. The van der Waals surface area contributed by atoms with E-state index in [1.807, 2.05) is 0 Å². The van der Waals surface area contributed by atoms with Crippen molar-refractivity contribution in [3.05, 3.63) is 29.0 Å². The summed E-state index contributed by atoms with van der Waals surface area (Å²) in [4.78, 5) is 10.4. The Bertz CT molecular complexity index is 437. The molecule has 0 N–H and O–H groups in total. The van der Waals surface area contributed by atoms with Gasteiger partial charge < -0.3 is 0 Å². The number of rotatable bonds is 1. The number of hydrogen-bond acceptors (Lipinski definition) is 3. The first-order valence-electron chi connectivity index (χ1n) is 3.26. The lowest BCUT2D eigenvalue weighted by atomic mass is 10.3. The van der Waals surface area contributed by atoms with Crippen LogP contribution in [0.2, 0.25) is 5.02 Å². The van der Waals surface area contributed by atoms with Gasteiger partial charge in [0.25, 0.3) is 0 Å². The van der Waals surface area contributed by atoms with E-state index in [-0.39, 0.29) is 0 Å². The molecule has 12 heavy (non-hydrogen) atoms. The van der Waals surface area contributed by atoms with E-state index < -0.39 is 0 Å². The highest BCUT2D eigenvalue weighted by atomic mass is 35.5. The van der Waals surface area contributed by atoms with E-state index in [4.69, 9.17) is 11.6 Å². The fourth-order valence-electron chi connectivity index (χ4n) is 0.929. The molecule has 0 aliphatic rings. The second-order valence-corrected chi connectivity index (χ2v) is 2.68. The van der Waals surface area contributed by atoms with Crippen LogP contribution in [0.4, 0.5) is 0 Å². The van der Waals surface area contributed by atoms with Crippen molar-refractivity contribution >= 4 is 23.4 Å². The van der Waals surface area contributed by atoms with Gasteiger partial charge in [-0.3, -0.25) is 4.79 Å². The molecule has 0 amide bonds. The van der Waals surface area contributed by atoms with E-state index in [1.54, 1.807) is 6.07 Å². The number of aromatic nitrogens is 3. The molecular weight excluding hydrogens is 178 g/mol. The topological polar surface area (TPSA) is 47.3 Å². The van der Waals surface area contributed by atoms with Crippen LogP contribution in [-0.2, 0) is 0 Å². The molecule has 2 aromatic heterocycles. The molecular formula is C7H4ClN3O. The van der Waals surface area contributed by atoms with Crippen LogP contribution >= 0.6 is 11.6 Å². The summed E-state index contributed by atoms with van der Waals surface area (Å²) in [6.07, 6.45) is 3.64. The van der Waals surface area contributed by atoms with E-state index in [1.165, 1.54) is 17.0 Å². The summed E-state index contributed by atoms with van der Waals surface area (Å²) in [5.41, 5.74) is 1.13. The molecule has 0 radical (unpaired) electrons. The Morgan fingerprint density at radius 3 is 2.92 bits per heavy atom. The van der Waals surface area contributed by atoms with E-state index in [0.717, 1.165) is 6.29 Å². The molecule has 0 aliphatic carbocycles. The standard InChI is InChI=1S/C7H4ClN3O/c8-6-3-10-11-7(6)1-5(4-12)2-9-11/h1-4H. The number of hydrogen-bond donors (Lipinski definition) is 0. The highest BCUT2D eigenvalue weighted by molar-refractivity contribution is 6.33. The monoisotopic (exact) mass is 181 g/mol. The van der Waals surface area contributed by atoms with Gasteiger partial charge in [0.1, 0.15) is 5.52 Å². The van der Waals surface area contributed by atoms with Crippen molar-refractivity contribution in [1.82, 2.24) is 14.8 Å². The van der Waals surface area contributed by atoms with Crippen LogP contribution in [0.1, 0.15) is 10.4 Å². The lowest BCUT2D eigenvalue weighted by molar-refractivity contribution is 0.112. The Morgan fingerprint density at radius 1 is 1.42 bits per heavy atom. The van der Waals surface area contributed by atoms with Gasteiger partial charge in [0.05, 0.1) is 17.4 Å². The molecule has 0 unspecified atom stereocenters. The molecule has 0 atom stereocenters. The van der Waals surface area contributed by atoms with Gasteiger partial charge in [-0.25, -0.2) is 0 Å². The quantitative estimate of drug-likeness (QED) is 0.621. The third-order valence-electron chi connectivity index (χ3n) is 1.50. The van der Waals surface area contributed by atoms with E-state index >= 15 is 0 Å². The molecule has 2 heterocycles. The fourth-order valence-corrected chi connectivity index (χ4v) is 1.10. The van der Waals surface area contributed by atoms with Crippen molar-refractivity contribution < 1.29 is 4.79 Å². The predicted molar refractivity (Wildman–Crippen MR) is 43.4 cm³/mol. The number of carbonyl (C=O) groups excluding carboxylic acids is 1.